The minimum absolute atomic E-state index is 0.321. The Morgan fingerprint density at radius 1 is 1.16 bits per heavy atom. The molecular weight excluding hydrogens is 234 g/mol. The van der Waals surface area contributed by atoms with E-state index in [0.29, 0.717) is 18.1 Å². The zero-order chi connectivity index (χ0) is 13.5. The fourth-order valence-electron chi connectivity index (χ4n) is 2.97. The van der Waals surface area contributed by atoms with Gasteiger partial charge in [0.2, 0.25) is 0 Å². The van der Waals surface area contributed by atoms with Crippen LogP contribution in [0.2, 0.25) is 0 Å². The van der Waals surface area contributed by atoms with Crippen LogP contribution in [0.15, 0.2) is 24.3 Å². The topological polar surface area (TPSA) is 43.1 Å². The van der Waals surface area contributed by atoms with Crippen LogP contribution in [-0.2, 0) is 17.6 Å². The van der Waals surface area contributed by atoms with Crippen molar-refractivity contribution in [3.05, 3.63) is 35.4 Å². The van der Waals surface area contributed by atoms with E-state index in [2.05, 4.69) is 24.3 Å². The van der Waals surface area contributed by atoms with Crippen LogP contribution in [0.3, 0.4) is 0 Å². The predicted molar refractivity (Wildman–Crippen MR) is 79.1 cm³/mol. The molecule has 1 aromatic rings. The van der Waals surface area contributed by atoms with E-state index in [1.54, 1.807) is 0 Å². The van der Waals surface area contributed by atoms with Gasteiger partial charge in [-0.05, 0) is 43.4 Å². The van der Waals surface area contributed by atoms with Crippen molar-refractivity contribution in [1.82, 2.24) is 0 Å². The molecule has 1 saturated carbocycles. The van der Waals surface area contributed by atoms with E-state index in [0.717, 1.165) is 32.2 Å². The van der Waals surface area contributed by atoms with Crippen LogP contribution in [0, 0.1) is 5.92 Å². The van der Waals surface area contributed by atoms with Gasteiger partial charge in [0.15, 0.2) is 0 Å². The molecule has 0 heterocycles. The van der Waals surface area contributed by atoms with Crippen molar-refractivity contribution in [2.45, 2.75) is 51.4 Å². The summed E-state index contributed by atoms with van der Waals surface area (Å²) in [6.07, 6.45) is 8.61. The van der Waals surface area contributed by atoms with Crippen LogP contribution in [0.5, 0.6) is 0 Å². The highest BCUT2D eigenvalue weighted by atomic mass is 16.1. The minimum atomic E-state index is 0.321. The lowest BCUT2D eigenvalue weighted by Crippen LogP contribution is -2.19. The summed E-state index contributed by atoms with van der Waals surface area (Å²) >= 11 is 0. The zero-order valence-corrected chi connectivity index (χ0v) is 11.7. The SMILES string of the molecule is NCCCc1cccc(CC(=O)C2CCCCC2)c1. The van der Waals surface area contributed by atoms with Crippen molar-refractivity contribution in [3.63, 3.8) is 0 Å². The van der Waals surface area contributed by atoms with Gasteiger partial charge in [0.05, 0.1) is 0 Å². The molecule has 19 heavy (non-hydrogen) atoms. The third-order valence-electron chi connectivity index (χ3n) is 4.10. The molecule has 1 aromatic carbocycles. The number of ketones is 1. The Morgan fingerprint density at radius 3 is 2.63 bits per heavy atom. The molecule has 104 valence electrons. The Labute approximate surface area is 116 Å². The minimum Gasteiger partial charge on any atom is -0.330 e. The van der Waals surface area contributed by atoms with Gasteiger partial charge in [-0.25, -0.2) is 0 Å². The number of carbonyl (C=O) groups excluding carboxylic acids is 1. The van der Waals surface area contributed by atoms with Crippen molar-refractivity contribution in [1.29, 1.82) is 0 Å². The molecule has 1 aliphatic carbocycles. The molecule has 0 radical (unpaired) electrons. The summed E-state index contributed by atoms with van der Waals surface area (Å²) in [5.74, 6) is 0.761. The number of carbonyl (C=O) groups is 1. The van der Waals surface area contributed by atoms with E-state index in [9.17, 15) is 4.79 Å². The number of benzene rings is 1. The van der Waals surface area contributed by atoms with Crippen LogP contribution in [-0.4, -0.2) is 12.3 Å². The van der Waals surface area contributed by atoms with Crippen molar-refractivity contribution in [2.75, 3.05) is 6.54 Å². The molecule has 0 aromatic heterocycles. The van der Waals surface area contributed by atoms with Crippen molar-refractivity contribution >= 4 is 5.78 Å². The third kappa shape index (κ3) is 4.46. The molecule has 2 rings (SSSR count). The number of hydrogen-bond donors (Lipinski definition) is 1. The lowest BCUT2D eigenvalue weighted by Gasteiger charge is -2.20. The van der Waals surface area contributed by atoms with Gasteiger partial charge >= 0.3 is 0 Å². The van der Waals surface area contributed by atoms with Gasteiger partial charge in [0.25, 0.3) is 0 Å². The van der Waals surface area contributed by atoms with Gasteiger partial charge < -0.3 is 5.73 Å². The van der Waals surface area contributed by atoms with Crippen LogP contribution < -0.4 is 5.73 Å². The van der Waals surface area contributed by atoms with Crippen LogP contribution in [0.1, 0.15) is 49.7 Å². The first-order valence-corrected chi connectivity index (χ1v) is 7.60. The smallest absolute Gasteiger partial charge is 0.140 e. The third-order valence-corrected chi connectivity index (χ3v) is 4.10. The molecule has 2 heteroatoms. The lowest BCUT2D eigenvalue weighted by molar-refractivity contribution is -0.123. The van der Waals surface area contributed by atoms with Crippen LogP contribution in [0.25, 0.3) is 0 Å². The number of rotatable bonds is 6. The van der Waals surface area contributed by atoms with Gasteiger partial charge in [-0.1, -0.05) is 43.5 Å². The molecule has 2 nitrogen and oxygen atoms in total. The summed E-state index contributed by atoms with van der Waals surface area (Å²) in [5, 5.41) is 0. The van der Waals surface area contributed by atoms with E-state index in [4.69, 9.17) is 5.73 Å². The van der Waals surface area contributed by atoms with E-state index in [1.165, 1.54) is 30.4 Å². The second kappa shape index (κ2) is 7.44. The summed E-state index contributed by atoms with van der Waals surface area (Å²) in [6.45, 7) is 0.727. The lowest BCUT2D eigenvalue weighted by atomic mass is 9.84. The van der Waals surface area contributed by atoms with E-state index >= 15 is 0 Å². The first-order chi connectivity index (χ1) is 9.29. The zero-order valence-electron chi connectivity index (χ0n) is 11.7. The molecule has 0 atom stereocenters. The molecule has 2 N–H and O–H groups in total. The van der Waals surface area contributed by atoms with E-state index < -0.39 is 0 Å². The predicted octanol–water partition coefficient (Wildman–Crippen LogP) is 3.27. The van der Waals surface area contributed by atoms with Crippen molar-refractivity contribution in [2.24, 2.45) is 11.7 Å². The van der Waals surface area contributed by atoms with Gasteiger partial charge in [0, 0.05) is 12.3 Å². The normalized spacial score (nSPS) is 16.5. The first kappa shape index (κ1) is 14.3. The Kier molecular flexibility index (Phi) is 5.59. The summed E-state index contributed by atoms with van der Waals surface area (Å²) in [6, 6.07) is 8.45. The molecule has 0 amide bonds. The number of hydrogen-bond acceptors (Lipinski definition) is 2. The maximum atomic E-state index is 12.3. The Balaban J connectivity index is 1.92. The average molecular weight is 259 g/mol. The highest BCUT2D eigenvalue weighted by Crippen LogP contribution is 2.25. The highest BCUT2D eigenvalue weighted by Gasteiger charge is 2.20. The highest BCUT2D eigenvalue weighted by molar-refractivity contribution is 5.83. The summed E-state index contributed by atoms with van der Waals surface area (Å²) in [7, 11) is 0. The van der Waals surface area contributed by atoms with Crippen LogP contribution >= 0.6 is 0 Å². The molecule has 0 unspecified atom stereocenters. The molecular formula is C17H25NO. The Morgan fingerprint density at radius 2 is 1.89 bits per heavy atom. The largest absolute Gasteiger partial charge is 0.330 e. The van der Waals surface area contributed by atoms with Gasteiger partial charge in [0.1, 0.15) is 5.78 Å². The van der Waals surface area contributed by atoms with Gasteiger partial charge in [-0.15, -0.1) is 0 Å². The summed E-state index contributed by atoms with van der Waals surface area (Å²) in [4.78, 5) is 12.3. The average Bonchev–Trinajstić information content (AvgIpc) is 2.46. The van der Waals surface area contributed by atoms with Crippen molar-refractivity contribution in [3.8, 4) is 0 Å². The molecule has 0 spiro atoms. The van der Waals surface area contributed by atoms with Crippen molar-refractivity contribution < 1.29 is 4.79 Å². The molecule has 0 saturated heterocycles. The summed E-state index contributed by atoms with van der Waals surface area (Å²) in [5.41, 5.74) is 8.01. The first-order valence-electron chi connectivity index (χ1n) is 7.60. The standard InChI is InChI=1S/C17H25NO/c18-11-5-8-14-6-4-7-15(12-14)13-17(19)16-9-2-1-3-10-16/h4,6-7,12,16H,1-3,5,8-11,13,18H2. The second-order valence-electron chi connectivity index (χ2n) is 5.69. The quantitative estimate of drug-likeness (QED) is 0.852. The fraction of sp³-hybridized carbons (Fsp3) is 0.588. The number of aryl methyl sites for hydroxylation is 1. The monoisotopic (exact) mass is 259 g/mol. The van der Waals surface area contributed by atoms with Gasteiger partial charge in [-0.3, -0.25) is 4.79 Å². The molecule has 0 aliphatic heterocycles. The number of nitrogens with two attached hydrogens (primary N) is 1. The second-order valence-corrected chi connectivity index (χ2v) is 5.69. The maximum Gasteiger partial charge on any atom is 0.140 e. The van der Waals surface area contributed by atoms with Crippen LogP contribution in [0.4, 0.5) is 0 Å². The fourth-order valence-corrected chi connectivity index (χ4v) is 2.97. The molecule has 1 aliphatic rings. The van der Waals surface area contributed by atoms with E-state index in [1.807, 2.05) is 0 Å². The van der Waals surface area contributed by atoms with E-state index in [-0.39, 0.29) is 0 Å². The summed E-state index contributed by atoms with van der Waals surface area (Å²) < 4.78 is 0. The van der Waals surface area contributed by atoms with Gasteiger partial charge in [-0.2, -0.15) is 0 Å². The Bertz CT molecular complexity index is 407. The Hall–Kier alpha value is -1.15. The maximum absolute atomic E-state index is 12.3. The molecule has 0 bridgehead atoms. The molecule has 1 fully saturated rings. The number of Topliss-reactive ketones (excluding diaryl/α,β-unsaturated/α-hetero) is 1.